The predicted octanol–water partition coefficient (Wildman–Crippen LogP) is 2.46. The van der Waals surface area contributed by atoms with Gasteiger partial charge in [0.2, 0.25) is 0 Å². The molecule has 5 heteroatoms. The molecular weight excluding hydrogens is 195 g/mol. The van der Waals surface area contributed by atoms with Crippen LogP contribution in [-0.2, 0) is 4.74 Å². The molecule has 0 saturated carbocycles. The summed E-state index contributed by atoms with van der Waals surface area (Å²) < 4.78 is 39.8. The van der Waals surface area contributed by atoms with Crippen LogP contribution in [-0.4, -0.2) is 25.4 Å². The van der Waals surface area contributed by atoms with E-state index in [1.165, 1.54) is 6.08 Å². The first-order chi connectivity index (χ1) is 6.40. The van der Waals surface area contributed by atoms with E-state index < -0.39 is 6.36 Å². The highest BCUT2D eigenvalue weighted by Gasteiger charge is 2.33. The minimum absolute atomic E-state index is 0.134. The lowest BCUT2D eigenvalue weighted by Gasteiger charge is -2.23. The Hall–Kier alpha value is -1.13. The van der Waals surface area contributed by atoms with Crippen molar-refractivity contribution in [3.05, 3.63) is 30.0 Å². The SMILES string of the molecule is CN(C)C1=C[CH]CC=C1OC(F)(F)F. The standard InChI is InChI=1S/C9H11F3NO/c1-13(2)7-5-3-4-6-8(7)14-9(10,11)12/h3,5-6H,4H2,1-2H3. The van der Waals surface area contributed by atoms with Crippen LogP contribution in [0, 0.1) is 6.42 Å². The van der Waals surface area contributed by atoms with E-state index in [-0.39, 0.29) is 5.76 Å². The van der Waals surface area contributed by atoms with Crippen molar-refractivity contribution in [3.8, 4) is 0 Å². The molecule has 0 spiro atoms. The second-order valence-corrected chi connectivity index (χ2v) is 3.03. The van der Waals surface area contributed by atoms with Crippen LogP contribution in [0.4, 0.5) is 13.2 Å². The molecule has 1 aliphatic carbocycles. The molecule has 0 heterocycles. The van der Waals surface area contributed by atoms with Gasteiger partial charge in [0, 0.05) is 14.1 Å². The maximum absolute atomic E-state index is 12.0. The second-order valence-electron chi connectivity index (χ2n) is 3.03. The fraction of sp³-hybridized carbons (Fsp3) is 0.444. The number of hydrogen-bond acceptors (Lipinski definition) is 2. The lowest BCUT2D eigenvalue weighted by atomic mass is 10.1. The fourth-order valence-corrected chi connectivity index (χ4v) is 1.13. The molecule has 1 rings (SSSR count). The summed E-state index contributed by atoms with van der Waals surface area (Å²) in [6.45, 7) is 0. The summed E-state index contributed by atoms with van der Waals surface area (Å²) in [7, 11) is 3.33. The van der Waals surface area contributed by atoms with Crippen LogP contribution < -0.4 is 0 Å². The quantitative estimate of drug-likeness (QED) is 0.688. The fourth-order valence-electron chi connectivity index (χ4n) is 1.13. The van der Waals surface area contributed by atoms with Gasteiger partial charge in [0.15, 0.2) is 0 Å². The van der Waals surface area contributed by atoms with E-state index in [1.54, 1.807) is 31.5 Å². The van der Waals surface area contributed by atoms with Gasteiger partial charge in [-0.1, -0.05) is 6.08 Å². The molecule has 1 radical (unpaired) electrons. The highest BCUT2D eigenvalue weighted by atomic mass is 19.4. The van der Waals surface area contributed by atoms with E-state index in [0.29, 0.717) is 12.1 Å². The zero-order valence-corrected chi connectivity index (χ0v) is 7.93. The number of ether oxygens (including phenoxy) is 1. The molecule has 2 nitrogen and oxygen atoms in total. The summed E-state index contributed by atoms with van der Waals surface area (Å²) in [6.07, 6.45) is 0.628. The van der Waals surface area contributed by atoms with Crippen molar-refractivity contribution in [3.63, 3.8) is 0 Å². The molecule has 0 aromatic heterocycles. The molecule has 79 valence electrons. The van der Waals surface area contributed by atoms with Crippen molar-refractivity contribution in [2.45, 2.75) is 12.8 Å². The average Bonchev–Trinajstić information content (AvgIpc) is 2.01. The van der Waals surface area contributed by atoms with Gasteiger partial charge < -0.3 is 9.64 Å². The molecule has 0 N–H and O–H groups in total. The minimum atomic E-state index is -4.63. The Bertz CT molecular complexity index is 266. The van der Waals surface area contributed by atoms with E-state index in [4.69, 9.17) is 0 Å². The van der Waals surface area contributed by atoms with Crippen LogP contribution >= 0.6 is 0 Å². The smallest absolute Gasteiger partial charge is 0.404 e. The van der Waals surface area contributed by atoms with Crippen molar-refractivity contribution in [1.29, 1.82) is 0 Å². The third-order valence-corrected chi connectivity index (χ3v) is 1.67. The molecule has 14 heavy (non-hydrogen) atoms. The maximum atomic E-state index is 12.0. The summed E-state index contributed by atoms with van der Waals surface area (Å²) in [4.78, 5) is 1.58. The van der Waals surface area contributed by atoms with Crippen molar-refractivity contribution in [2.24, 2.45) is 0 Å². The zero-order valence-electron chi connectivity index (χ0n) is 7.93. The van der Waals surface area contributed by atoms with Gasteiger partial charge in [-0.2, -0.15) is 0 Å². The van der Waals surface area contributed by atoms with Crippen LogP contribution in [0.1, 0.15) is 6.42 Å². The van der Waals surface area contributed by atoms with E-state index in [2.05, 4.69) is 4.74 Å². The number of rotatable bonds is 2. The van der Waals surface area contributed by atoms with Gasteiger partial charge >= 0.3 is 6.36 Å². The Morgan fingerprint density at radius 1 is 1.36 bits per heavy atom. The summed E-state index contributed by atoms with van der Waals surface area (Å²) in [5.41, 5.74) is 0.425. The summed E-state index contributed by atoms with van der Waals surface area (Å²) in [5, 5.41) is 0. The summed E-state index contributed by atoms with van der Waals surface area (Å²) in [6, 6.07) is 0. The van der Waals surface area contributed by atoms with E-state index in [1.807, 2.05) is 0 Å². The van der Waals surface area contributed by atoms with E-state index >= 15 is 0 Å². The first-order valence-electron chi connectivity index (χ1n) is 4.07. The monoisotopic (exact) mass is 206 g/mol. The van der Waals surface area contributed by atoms with Crippen LogP contribution in [0.25, 0.3) is 0 Å². The topological polar surface area (TPSA) is 12.5 Å². The summed E-state index contributed by atoms with van der Waals surface area (Å²) in [5.74, 6) is -0.134. The molecule has 0 saturated heterocycles. The number of likely N-dealkylation sites (N-methyl/N-ethyl adjacent to an activating group) is 1. The molecule has 0 unspecified atom stereocenters. The number of halogens is 3. The molecule has 0 amide bonds. The van der Waals surface area contributed by atoms with Crippen LogP contribution in [0.5, 0.6) is 0 Å². The molecule has 0 fully saturated rings. The normalized spacial score (nSPS) is 17.2. The Labute approximate surface area is 80.6 Å². The molecule has 0 aliphatic heterocycles. The lowest BCUT2D eigenvalue weighted by Crippen LogP contribution is -2.21. The third kappa shape index (κ3) is 2.97. The van der Waals surface area contributed by atoms with Gasteiger partial charge in [-0.3, -0.25) is 0 Å². The highest BCUT2D eigenvalue weighted by molar-refractivity contribution is 5.31. The van der Waals surface area contributed by atoms with E-state index in [9.17, 15) is 13.2 Å². The van der Waals surface area contributed by atoms with Crippen LogP contribution in [0.2, 0.25) is 0 Å². The zero-order chi connectivity index (χ0) is 10.8. The number of nitrogens with zero attached hydrogens (tertiary/aromatic N) is 1. The lowest BCUT2D eigenvalue weighted by molar-refractivity contribution is -0.304. The first-order valence-corrected chi connectivity index (χ1v) is 4.07. The van der Waals surface area contributed by atoms with Crippen LogP contribution in [0.3, 0.4) is 0 Å². The molecule has 1 aliphatic rings. The number of alkyl halides is 3. The molecular formula is C9H11F3NO. The average molecular weight is 206 g/mol. The number of allylic oxidation sites excluding steroid dienone is 2. The number of hydrogen-bond donors (Lipinski definition) is 0. The third-order valence-electron chi connectivity index (χ3n) is 1.67. The van der Waals surface area contributed by atoms with E-state index in [0.717, 1.165) is 0 Å². The van der Waals surface area contributed by atoms with Crippen molar-refractivity contribution < 1.29 is 17.9 Å². The van der Waals surface area contributed by atoms with Gasteiger partial charge in [0.05, 0.1) is 5.70 Å². The van der Waals surface area contributed by atoms with Crippen molar-refractivity contribution >= 4 is 0 Å². The maximum Gasteiger partial charge on any atom is 0.573 e. The molecule has 0 aromatic carbocycles. The molecule has 0 bridgehead atoms. The van der Waals surface area contributed by atoms with Gasteiger partial charge in [-0.25, -0.2) is 0 Å². The Morgan fingerprint density at radius 3 is 2.50 bits per heavy atom. The van der Waals surface area contributed by atoms with Crippen LogP contribution in [0.15, 0.2) is 23.6 Å². The van der Waals surface area contributed by atoms with Gasteiger partial charge in [-0.15, -0.1) is 13.2 Å². The largest absolute Gasteiger partial charge is 0.573 e. The van der Waals surface area contributed by atoms with Crippen molar-refractivity contribution in [1.82, 2.24) is 4.90 Å². The second kappa shape index (κ2) is 3.94. The summed E-state index contributed by atoms with van der Waals surface area (Å²) >= 11 is 0. The van der Waals surface area contributed by atoms with Gasteiger partial charge in [0.25, 0.3) is 0 Å². The Kier molecular flexibility index (Phi) is 3.08. The van der Waals surface area contributed by atoms with Gasteiger partial charge in [-0.05, 0) is 18.9 Å². The highest BCUT2D eigenvalue weighted by Crippen LogP contribution is 2.28. The minimum Gasteiger partial charge on any atom is -0.404 e. The first kappa shape index (κ1) is 10.9. The Morgan fingerprint density at radius 2 is 2.00 bits per heavy atom. The molecule has 0 atom stereocenters. The predicted molar refractivity (Wildman–Crippen MR) is 45.9 cm³/mol. The van der Waals surface area contributed by atoms with Gasteiger partial charge in [0.1, 0.15) is 5.76 Å². The Balaban J connectivity index is 2.76. The molecule has 0 aromatic rings. The van der Waals surface area contributed by atoms with Crippen molar-refractivity contribution in [2.75, 3.05) is 14.1 Å².